The smallest absolute Gasteiger partial charge is 0.307 e. The molecule has 0 spiro atoms. The van der Waals surface area contributed by atoms with Crippen LogP contribution in [0.2, 0.25) is 0 Å². The van der Waals surface area contributed by atoms with Gasteiger partial charge in [-0.05, 0) is 79.8 Å². The predicted molar refractivity (Wildman–Crippen MR) is 209 cm³/mol. The third-order valence-electron chi connectivity index (χ3n) is 9.49. The zero-order valence-electron chi connectivity index (χ0n) is 33.0. The van der Waals surface area contributed by atoms with E-state index in [9.17, 15) is 4.79 Å². The Labute approximate surface area is 314 Å². The molecule has 0 amide bonds. The van der Waals surface area contributed by atoms with Gasteiger partial charge in [0.2, 0.25) is 0 Å². The molecule has 292 valence electrons. The highest BCUT2D eigenvalue weighted by atomic mass is 16.6. The van der Waals surface area contributed by atoms with Gasteiger partial charge >= 0.3 is 5.97 Å². The van der Waals surface area contributed by atoms with Crippen LogP contribution in [0.5, 0.6) is 5.75 Å². The van der Waals surface area contributed by atoms with Gasteiger partial charge in [-0.1, -0.05) is 103 Å². The van der Waals surface area contributed by atoms with Crippen molar-refractivity contribution < 1.29 is 38.3 Å². The number of unbranched alkanes of at least 4 members (excludes halogenated alkanes) is 5. The van der Waals surface area contributed by atoms with E-state index in [-0.39, 0.29) is 24.7 Å². The molecule has 1 fully saturated rings. The standard InChI is InChI=1S/C44H68O8/c1-7-12-24-47-32-39-42(49-26-14-9-3)44(51-28-16-11-5)43(50-27-15-10-4)41(52-39)37-31-36(33(6)29-38(37)48-25-13-8-2)30-35-22-20-34(21-23-35)18-17-19-40(45)46/h17-18,20-23,29,31,39,41-44H,7-16,19,24-28,30,32H2,1-6H3,(H,45,46)/b18-17+/t39-,41+,42+,43+,44+/m1/s1. The van der Waals surface area contributed by atoms with E-state index >= 15 is 0 Å². The van der Waals surface area contributed by atoms with Crippen molar-refractivity contribution in [2.75, 3.05) is 39.6 Å². The Morgan fingerprint density at radius 1 is 0.750 bits per heavy atom. The highest BCUT2D eigenvalue weighted by Crippen LogP contribution is 2.42. The number of carboxylic acid groups (broad SMARTS) is 1. The summed E-state index contributed by atoms with van der Waals surface area (Å²) in [5.41, 5.74) is 5.44. The largest absolute Gasteiger partial charge is 0.493 e. The average Bonchev–Trinajstić information content (AvgIpc) is 3.13. The molecular weight excluding hydrogens is 656 g/mol. The second-order valence-electron chi connectivity index (χ2n) is 14.0. The summed E-state index contributed by atoms with van der Waals surface area (Å²) in [6.45, 7) is 16.6. The van der Waals surface area contributed by atoms with Crippen LogP contribution in [0.1, 0.15) is 139 Å². The van der Waals surface area contributed by atoms with E-state index in [0.717, 1.165) is 98.6 Å². The lowest BCUT2D eigenvalue weighted by atomic mass is 9.87. The summed E-state index contributed by atoms with van der Waals surface area (Å²) >= 11 is 0. The van der Waals surface area contributed by atoms with Crippen molar-refractivity contribution in [3.05, 3.63) is 70.3 Å². The van der Waals surface area contributed by atoms with Crippen LogP contribution in [0.15, 0.2) is 42.5 Å². The molecule has 1 saturated heterocycles. The van der Waals surface area contributed by atoms with Crippen LogP contribution in [-0.4, -0.2) is 75.1 Å². The summed E-state index contributed by atoms with van der Waals surface area (Å²) in [6.07, 6.45) is 12.4. The van der Waals surface area contributed by atoms with Gasteiger partial charge in [0.05, 0.1) is 19.6 Å². The molecule has 1 aliphatic heterocycles. The molecule has 0 aromatic heterocycles. The number of benzene rings is 2. The first-order valence-corrected chi connectivity index (χ1v) is 20.2. The first-order valence-electron chi connectivity index (χ1n) is 20.2. The summed E-state index contributed by atoms with van der Waals surface area (Å²) in [4.78, 5) is 10.9. The van der Waals surface area contributed by atoms with E-state index in [1.807, 2.05) is 18.2 Å². The maximum Gasteiger partial charge on any atom is 0.307 e. The normalized spacial score (nSPS) is 20.5. The molecule has 2 aromatic rings. The van der Waals surface area contributed by atoms with Gasteiger partial charge in [0.1, 0.15) is 36.3 Å². The Balaban J connectivity index is 2.09. The van der Waals surface area contributed by atoms with Gasteiger partial charge in [-0.15, -0.1) is 0 Å². The molecule has 0 bridgehead atoms. The van der Waals surface area contributed by atoms with Crippen LogP contribution >= 0.6 is 0 Å². The molecule has 0 aliphatic carbocycles. The fourth-order valence-electron chi connectivity index (χ4n) is 6.28. The van der Waals surface area contributed by atoms with Gasteiger partial charge in [-0.25, -0.2) is 0 Å². The van der Waals surface area contributed by atoms with Crippen molar-refractivity contribution in [1.29, 1.82) is 0 Å². The molecule has 1 heterocycles. The summed E-state index contributed by atoms with van der Waals surface area (Å²) < 4.78 is 40.2. The van der Waals surface area contributed by atoms with E-state index in [2.05, 4.69) is 65.8 Å². The van der Waals surface area contributed by atoms with Crippen LogP contribution < -0.4 is 4.74 Å². The molecule has 52 heavy (non-hydrogen) atoms. The van der Waals surface area contributed by atoms with Gasteiger partial charge < -0.3 is 33.5 Å². The van der Waals surface area contributed by atoms with E-state index in [1.165, 1.54) is 5.56 Å². The van der Waals surface area contributed by atoms with E-state index < -0.39 is 18.2 Å². The predicted octanol–water partition coefficient (Wildman–Crippen LogP) is 10.1. The summed E-state index contributed by atoms with van der Waals surface area (Å²) in [5.74, 6) is -0.0130. The number of aryl methyl sites for hydroxylation is 1. The van der Waals surface area contributed by atoms with Crippen LogP contribution in [0, 0.1) is 6.92 Å². The Morgan fingerprint density at radius 3 is 1.94 bits per heavy atom. The van der Waals surface area contributed by atoms with E-state index in [1.54, 1.807) is 6.08 Å². The molecule has 5 atom stereocenters. The van der Waals surface area contributed by atoms with Gasteiger partial charge in [-0.2, -0.15) is 0 Å². The summed E-state index contributed by atoms with van der Waals surface area (Å²) in [6, 6.07) is 12.7. The second-order valence-corrected chi connectivity index (χ2v) is 14.0. The van der Waals surface area contributed by atoms with Crippen LogP contribution in [0.4, 0.5) is 0 Å². The maximum atomic E-state index is 10.9. The SMILES string of the molecule is CCCCOC[C@H]1O[C@@H](c2cc(Cc3ccc(/C=C/CC(=O)O)cc3)c(C)cc2OCCCC)[C@H](OCCCC)[C@@H](OCCCC)[C@H]1OCCCC. The molecular formula is C44H68O8. The van der Waals surface area contributed by atoms with Gasteiger partial charge in [0.25, 0.3) is 0 Å². The molecule has 0 saturated carbocycles. The topological polar surface area (TPSA) is 92.7 Å². The molecule has 0 unspecified atom stereocenters. The molecule has 2 aromatic carbocycles. The lowest BCUT2D eigenvalue weighted by Crippen LogP contribution is -2.58. The molecule has 8 heteroatoms. The Kier molecular flexibility index (Phi) is 21.2. The molecule has 0 radical (unpaired) electrons. The van der Waals surface area contributed by atoms with Crippen molar-refractivity contribution >= 4 is 12.0 Å². The van der Waals surface area contributed by atoms with Gasteiger partial charge in [0, 0.05) is 32.0 Å². The highest BCUT2D eigenvalue weighted by molar-refractivity contribution is 5.70. The minimum atomic E-state index is -0.838. The quantitative estimate of drug-likeness (QED) is 0.0911. The van der Waals surface area contributed by atoms with Crippen LogP contribution in [0.3, 0.4) is 0 Å². The van der Waals surface area contributed by atoms with Gasteiger partial charge in [0.15, 0.2) is 0 Å². The number of carbonyl (C=O) groups is 1. The first kappa shape index (κ1) is 43.7. The number of ether oxygens (including phenoxy) is 6. The zero-order chi connectivity index (χ0) is 37.6. The molecule has 1 aliphatic rings. The monoisotopic (exact) mass is 724 g/mol. The number of hydrogen-bond donors (Lipinski definition) is 1. The minimum Gasteiger partial charge on any atom is -0.493 e. The molecule has 1 N–H and O–H groups in total. The molecule has 8 nitrogen and oxygen atoms in total. The summed E-state index contributed by atoms with van der Waals surface area (Å²) in [5, 5.41) is 8.99. The third-order valence-corrected chi connectivity index (χ3v) is 9.49. The zero-order valence-corrected chi connectivity index (χ0v) is 33.0. The highest BCUT2D eigenvalue weighted by Gasteiger charge is 2.49. The van der Waals surface area contributed by atoms with E-state index in [4.69, 9.17) is 33.5 Å². The van der Waals surface area contributed by atoms with E-state index in [0.29, 0.717) is 39.6 Å². The van der Waals surface area contributed by atoms with Gasteiger partial charge in [-0.3, -0.25) is 4.79 Å². The Hall–Kier alpha value is -2.75. The lowest BCUT2D eigenvalue weighted by molar-refractivity contribution is -0.268. The van der Waals surface area contributed by atoms with Crippen LogP contribution in [-0.2, 0) is 34.9 Å². The minimum absolute atomic E-state index is 0.00459. The van der Waals surface area contributed by atoms with Crippen LogP contribution in [0.25, 0.3) is 6.08 Å². The van der Waals surface area contributed by atoms with Crippen molar-refractivity contribution in [3.8, 4) is 5.75 Å². The fraction of sp³-hybridized carbons (Fsp3) is 0.659. The van der Waals surface area contributed by atoms with Crippen molar-refractivity contribution in [2.24, 2.45) is 0 Å². The average molecular weight is 725 g/mol. The Morgan fingerprint density at radius 2 is 1.33 bits per heavy atom. The number of carboxylic acids is 1. The first-order chi connectivity index (χ1) is 25.4. The maximum absolute atomic E-state index is 10.9. The molecule has 3 rings (SSSR count). The van der Waals surface area contributed by atoms with Crippen molar-refractivity contribution in [3.63, 3.8) is 0 Å². The van der Waals surface area contributed by atoms with Crippen molar-refractivity contribution in [1.82, 2.24) is 0 Å². The number of rotatable bonds is 27. The number of aliphatic carboxylic acids is 1. The lowest BCUT2D eigenvalue weighted by Gasteiger charge is -2.47. The van der Waals surface area contributed by atoms with Crippen molar-refractivity contribution in [2.45, 2.75) is 149 Å². The fourth-order valence-corrected chi connectivity index (χ4v) is 6.28. The Bertz CT molecular complexity index is 1290. The third kappa shape index (κ3) is 14.6. The number of hydrogen-bond acceptors (Lipinski definition) is 7. The summed E-state index contributed by atoms with van der Waals surface area (Å²) in [7, 11) is 0. The second kappa shape index (κ2) is 25.3.